The minimum Gasteiger partial charge on any atom is -0.380 e. The first-order valence-corrected chi connectivity index (χ1v) is 7.36. The van der Waals surface area contributed by atoms with E-state index >= 15 is 0 Å². The molecule has 1 rings (SSSR count). The Balaban J connectivity index is 1.99. The van der Waals surface area contributed by atoms with Crippen molar-refractivity contribution in [1.29, 1.82) is 0 Å². The van der Waals surface area contributed by atoms with E-state index in [1.807, 2.05) is 11.8 Å². The van der Waals surface area contributed by atoms with Crippen molar-refractivity contribution in [1.82, 2.24) is 5.32 Å². The van der Waals surface area contributed by atoms with Crippen LogP contribution in [0.3, 0.4) is 0 Å². The van der Waals surface area contributed by atoms with Crippen LogP contribution in [0.5, 0.6) is 0 Å². The van der Waals surface area contributed by atoms with Gasteiger partial charge in [0, 0.05) is 24.4 Å². The molecule has 3 heteroatoms. The molecule has 0 aromatic heterocycles. The molecule has 1 N–H and O–H groups in total. The fourth-order valence-corrected chi connectivity index (χ4v) is 3.04. The molecule has 2 atom stereocenters. The van der Waals surface area contributed by atoms with Gasteiger partial charge in [0.2, 0.25) is 0 Å². The highest BCUT2D eigenvalue weighted by atomic mass is 32.2. The molecule has 0 heterocycles. The van der Waals surface area contributed by atoms with Crippen LogP contribution in [0.2, 0.25) is 0 Å². The zero-order valence-electron chi connectivity index (χ0n) is 10.3. The molecule has 0 aromatic rings. The standard InChI is InChI=1S/C12H25NOS/c1-10(2)9-14-8-7-13-11-5-4-6-12(11)15-3/h10-13H,4-9H2,1-3H3. The predicted octanol–water partition coefficient (Wildman–Crippen LogP) is 2.53. The summed E-state index contributed by atoms with van der Waals surface area (Å²) in [5.41, 5.74) is 0. The fourth-order valence-electron chi connectivity index (χ4n) is 2.08. The van der Waals surface area contributed by atoms with Crippen molar-refractivity contribution >= 4 is 11.8 Å². The van der Waals surface area contributed by atoms with Gasteiger partial charge in [0.15, 0.2) is 0 Å². The van der Waals surface area contributed by atoms with Crippen LogP contribution >= 0.6 is 11.8 Å². The summed E-state index contributed by atoms with van der Waals surface area (Å²) in [6, 6.07) is 0.725. The maximum Gasteiger partial charge on any atom is 0.0591 e. The van der Waals surface area contributed by atoms with Crippen LogP contribution in [-0.2, 0) is 4.74 Å². The average Bonchev–Trinajstić information content (AvgIpc) is 2.64. The Morgan fingerprint density at radius 1 is 1.40 bits per heavy atom. The smallest absolute Gasteiger partial charge is 0.0591 e. The first-order valence-electron chi connectivity index (χ1n) is 6.08. The van der Waals surface area contributed by atoms with Gasteiger partial charge >= 0.3 is 0 Å². The number of nitrogens with one attached hydrogen (secondary N) is 1. The Kier molecular flexibility index (Phi) is 6.69. The molecule has 0 aromatic carbocycles. The summed E-state index contributed by atoms with van der Waals surface area (Å²) in [5, 5.41) is 4.44. The Morgan fingerprint density at radius 2 is 2.20 bits per heavy atom. The van der Waals surface area contributed by atoms with E-state index in [2.05, 4.69) is 25.4 Å². The molecule has 2 unspecified atom stereocenters. The highest BCUT2D eigenvalue weighted by molar-refractivity contribution is 7.99. The first-order chi connectivity index (χ1) is 7.24. The molecule has 15 heavy (non-hydrogen) atoms. The van der Waals surface area contributed by atoms with Crippen LogP contribution in [0.4, 0.5) is 0 Å². The molecular formula is C12H25NOS. The quantitative estimate of drug-likeness (QED) is 0.680. The summed E-state index contributed by atoms with van der Waals surface area (Å²) in [6.07, 6.45) is 6.33. The lowest BCUT2D eigenvalue weighted by Gasteiger charge is -2.19. The summed E-state index contributed by atoms with van der Waals surface area (Å²) in [5.74, 6) is 0.649. The van der Waals surface area contributed by atoms with Crippen molar-refractivity contribution in [3.63, 3.8) is 0 Å². The molecule has 0 amide bonds. The minimum atomic E-state index is 0.649. The van der Waals surface area contributed by atoms with Gasteiger partial charge in [0.1, 0.15) is 0 Å². The molecule has 1 aliphatic carbocycles. The van der Waals surface area contributed by atoms with Crippen molar-refractivity contribution in [2.45, 2.75) is 44.4 Å². The molecule has 1 fully saturated rings. The van der Waals surface area contributed by atoms with Crippen LogP contribution in [0, 0.1) is 5.92 Å². The maximum atomic E-state index is 5.55. The van der Waals surface area contributed by atoms with E-state index < -0.39 is 0 Å². The zero-order chi connectivity index (χ0) is 11.1. The summed E-state index contributed by atoms with van der Waals surface area (Å²) in [6.45, 7) is 7.13. The lowest BCUT2D eigenvalue weighted by atomic mass is 10.2. The van der Waals surface area contributed by atoms with Gasteiger partial charge in [-0.2, -0.15) is 11.8 Å². The molecule has 0 radical (unpaired) electrons. The number of hydrogen-bond acceptors (Lipinski definition) is 3. The van der Waals surface area contributed by atoms with Crippen molar-refractivity contribution in [3.05, 3.63) is 0 Å². The molecule has 1 aliphatic rings. The first kappa shape index (κ1) is 13.3. The van der Waals surface area contributed by atoms with Gasteiger partial charge in [-0.25, -0.2) is 0 Å². The second kappa shape index (κ2) is 7.53. The number of ether oxygens (including phenoxy) is 1. The Bertz CT molecular complexity index is 164. The third kappa shape index (κ3) is 5.23. The van der Waals surface area contributed by atoms with E-state index in [4.69, 9.17) is 4.74 Å². The third-order valence-electron chi connectivity index (χ3n) is 2.86. The number of rotatable bonds is 7. The van der Waals surface area contributed by atoms with E-state index in [1.165, 1.54) is 19.3 Å². The van der Waals surface area contributed by atoms with Gasteiger partial charge in [-0.15, -0.1) is 0 Å². The average molecular weight is 231 g/mol. The second-order valence-electron chi connectivity index (χ2n) is 4.73. The second-order valence-corrected chi connectivity index (χ2v) is 5.81. The minimum absolute atomic E-state index is 0.649. The molecule has 1 saturated carbocycles. The largest absolute Gasteiger partial charge is 0.380 e. The summed E-state index contributed by atoms with van der Waals surface area (Å²) >= 11 is 2.01. The monoisotopic (exact) mass is 231 g/mol. The number of hydrogen-bond donors (Lipinski definition) is 1. The molecule has 0 aliphatic heterocycles. The predicted molar refractivity (Wildman–Crippen MR) is 68.6 cm³/mol. The molecule has 0 spiro atoms. The van der Waals surface area contributed by atoms with Gasteiger partial charge in [-0.1, -0.05) is 20.3 Å². The van der Waals surface area contributed by atoms with Crippen LogP contribution in [0.15, 0.2) is 0 Å². The van der Waals surface area contributed by atoms with Gasteiger partial charge in [-0.3, -0.25) is 0 Å². The Labute approximate surface area is 98.5 Å². The molecular weight excluding hydrogens is 206 g/mol. The van der Waals surface area contributed by atoms with E-state index in [0.717, 1.165) is 31.1 Å². The highest BCUT2D eigenvalue weighted by Gasteiger charge is 2.25. The van der Waals surface area contributed by atoms with E-state index in [0.29, 0.717) is 5.92 Å². The van der Waals surface area contributed by atoms with Crippen molar-refractivity contribution in [3.8, 4) is 0 Å². The van der Waals surface area contributed by atoms with Crippen LogP contribution < -0.4 is 5.32 Å². The lowest BCUT2D eigenvalue weighted by Crippen LogP contribution is -2.36. The van der Waals surface area contributed by atoms with Crippen LogP contribution in [0.1, 0.15) is 33.1 Å². The van der Waals surface area contributed by atoms with E-state index in [1.54, 1.807) is 0 Å². The van der Waals surface area contributed by atoms with Crippen molar-refractivity contribution in [2.75, 3.05) is 26.0 Å². The SMILES string of the molecule is CSC1CCCC1NCCOCC(C)C. The zero-order valence-corrected chi connectivity index (χ0v) is 11.1. The van der Waals surface area contributed by atoms with Crippen molar-refractivity contribution in [2.24, 2.45) is 5.92 Å². The molecule has 90 valence electrons. The van der Waals surface area contributed by atoms with Gasteiger partial charge < -0.3 is 10.1 Å². The van der Waals surface area contributed by atoms with E-state index in [-0.39, 0.29) is 0 Å². The van der Waals surface area contributed by atoms with E-state index in [9.17, 15) is 0 Å². The third-order valence-corrected chi connectivity index (χ3v) is 4.03. The highest BCUT2D eigenvalue weighted by Crippen LogP contribution is 2.28. The summed E-state index contributed by atoms with van der Waals surface area (Å²) in [4.78, 5) is 0. The van der Waals surface area contributed by atoms with Crippen LogP contribution in [0.25, 0.3) is 0 Å². The Hall–Kier alpha value is 0.270. The lowest BCUT2D eigenvalue weighted by molar-refractivity contribution is 0.110. The van der Waals surface area contributed by atoms with Crippen LogP contribution in [-0.4, -0.2) is 37.3 Å². The molecule has 2 nitrogen and oxygen atoms in total. The normalized spacial score (nSPS) is 26.4. The molecule has 0 saturated heterocycles. The van der Waals surface area contributed by atoms with Gasteiger partial charge in [0.05, 0.1) is 6.61 Å². The molecule has 0 bridgehead atoms. The summed E-state index contributed by atoms with van der Waals surface area (Å²) in [7, 11) is 0. The Morgan fingerprint density at radius 3 is 2.87 bits per heavy atom. The van der Waals surface area contributed by atoms with Gasteiger partial charge in [0.25, 0.3) is 0 Å². The topological polar surface area (TPSA) is 21.3 Å². The fraction of sp³-hybridized carbons (Fsp3) is 1.00. The number of thioether (sulfide) groups is 1. The van der Waals surface area contributed by atoms with Crippen molar-refractivity contribution < 1.29 is 4.74 Å². The van der Waals surface area contributed by atoms with Gasteiger partial charge in [-0.05, 0) is 25.0 Å². The summed E-state index contributed by atoms with van der Waals surface area (Å²) < 4.78 is 5.55. The maximum absolute atomic E-state index is 5.55.